The zero-order chi connectivity index (χ0) is 17.5. The Bertz CT molecular complexity index is 653. The summed E-state index contributed by atoms with van der Waals surface area (Å²) in [4.78, 5) is 11.1. The van der Waals surface area contributed by atoms with Crippen molar-refractivity contribution in [3.8, 4) is 5.88 Å². The Morgan fingerprint density at radius 3 is 2.92 bits per heavy atom. The normalized spacial score (nSPS) is 19.4. The lowest BCUT2D eigenvalue weighted by Crippen LogP contribution is -2.49. The van der Waals surface area contributed by atoms with E-state index in [1.807, 2.05) is 0 Å². The van der Waals surface area contributed by atoms with Gasteiger partial charge in [0, 0.05) is 31.9 Å². The van der Waals surface area contributed by atoms with Crippen LogP contribution in [0.15, 0.2) is 42.6 Å². The van der Waals surface area contributed by atoms with E-state index in [0.717, 1.165) is 32.7 Å². The molecule has 2 aromatic rings. The predicted molar refractivity (Wildman–Crippen MR) is 97.7 cm³/mol. The maximum absolute atomic E-state index is 6.04. The number of aromatic nitrogens is 2. The summed E-state index contributed by atoms with van der Waals surface area (Å²) in [5.41, 5.74) is 1.33. The smallest absolute Gasteiger partial charge is 0.226 e. The summed E-state index contributed by atoms with van der Waals surface area (Å²) >= 11 is 0. The lowest BCUT2D eigenvalue weighted by Gasteiger charge is -2.37. The fourth-order valence-corrected chi connectivity index (χ4v) is 3.11. The molecule has 0 bridgehead atoms. The quantitative estimate of drug-likeness (QED) is 0.834. The number of hydrogen-bond acceptors (Lipinski definition) is 6. The maximum atomic E-state index is 6.04. The van der Waals surface area contributed by atoms with Gasteiger partial charge >= 0.3 is 0 Å². The van der Waals surface area contributed by atoms with E-state index >= 15 is 0 Å². The minimum Gasteiger partial charge on any atom is -0.481 e. The molecule has 6 heteroatoms. The van der Waals surface area contributed by atoms with Crippen LogP contribution in [0.25, 0.3) is 0 Å². The van der Waals surface area contributed by atoms with E-state index in [1.54, 1.807) is 19.4 Å². The fourth-order valence-electron chi connectivity index (χ4n) is 3.11. The molecule has 2 atom stereocenters. The van der Waals surface area contributed by atoms with E-state index in [0.29, 0.717) is 11.8 Å². The van der Waals surface area contributed by atoms with Crippen molar-refractivity contribution in [1.82, 2.24) is 14.9 Å². The highest BCUT2D eigenvalue weighted by molar-refractivity contribution is 5.29. The molecule has 1 aliphatic heterocycles. The van der Waals surface area contributed by atoms with Gasteiger partial charge in [0.25, 0.3) is 0 Å². The van der Waals surface area contributed by atoms with Gasteiger partial charge in [-0.15, -0.1) is 0 Å². The highest BCUT2D eigenvalue weighted by Gasteiger charge is 2.27. The van der Waals surface area contributed by atoms with E-state index < -0.39 is 0 Å². The first-order chi connectivity index (χ1) is 12.3. The molecule has 3 rings (SSSR count). The Hall–Kier alpha value is -2.18. The average molecular weight is 342 g/mol. The summed E-state index contributed by atoms with van der Waals surface area (Å²) in [6.45, 7) is 5.70. The number of nitrogens with zero attached hydrogens (tertiary/aromatic N) is 3. The van der Waals surface area contributed by atoms with Crippen LogP contribution in [0.4, 0.5) is 5.95 Å². The standard InChI is InChI=1S/C19H26N4O2/c1-3-16(21-19-20-10-9-18(22-19)24-2)17-14-23(11-12-25-17)13-15-7-5-4-6-8-15/h4-10,16-17H,3,11-14H2,1-2H3,(H,20,21,22). The first-order valence-corrected chi connectivity index (χ1v) is 8.80. The van der Waals surface area contributed by atoms with Crippen LogP contribution in [0.1, 0.15) is 18.9 Å². The number of rotatable bonds is 7. The SMILES string of the molecule is CCC(Nc1nccc(OC)n1)C1CN(Cc2ccccc2)CCO1. The molecule has 0 aliphatic carbocycles. The Morgan fingerprint density at radius 2 is 2.16 bits per heavy atom. The molecule has 134 valence electrons. The molecule has 2 heterocycles. The van der Waals surface area contributed by atoms with Crippen LogP contribution < -0.4 is 10.1 Å². The van der Waals surface area contributed by atoms with Gasteiger partial charge in [-0.05, 0) is 12.0 Å². The van der Waals surface area contributed by atoms with Crippen molar-refractivity contribution in [1.29, 1.82) is 0 Å². The van der Waals surface area contributed by atoms with Crippen molar-refractivity contribution in [2.45, 2.75) is 32.0 Å². The number of nitrogens with one attached hydrogen (secondary N) is 1. The van der Waals surface area contributed by atoms with Gasteiger partial charge in [-0.2, -0.15) is 4.98 Å². The van der Waals surface area contributed by atoms with Crippen molar-refractivity contribution in [2.24, 2.45) is 0 Å². The third-order valence-corrected chi connectivity index (χ3v) is 4.47. The van der Waals surface area contributed by atoms with Gasteiger partial charge in [-0.3, -0.25) is 4.90 Å². The third-order valence-electron chi connectivity index (χ3n) is 4.47. The lowest BCUT2D eigenvalue weighted by molar-refractivity contribution is -0.0403. The van der Waals surface area contributed by atoms with Gasteiger partial charge in [-0.25, -0.2) is 4.98 Å². The highest BCUT2D eigenvalue weighted by atomic mass is 16.5. The summed E-state index contributed by atoms with van der Waals surface area (Å²) in [5, 5.41) is 3.40. The summed E-state index contributed by atoms with van der Waals surface area (Å²) in [6, 6.07) is 12.5. The van der Waals surface area contributed by atoms with E-state index in [1.165, 1.54) is 5.56 Å². The largest absolute Gasteiger partial charge is 0.481 e. The van der Waals surface area contributed by atoms with Gasteiger partial charge in [0.2, 0.25) is 11.8 Å². The Balaban J connectivity index is 1.61. The fraction of sp³-hybridized carbons (Fsp3) is 0.474. The summed E-state index contributed by atoms with van der Waals surface area (Å²) in [5.74, 6) is 1.14. The molecule has 2 unspecified atom stereocenters. The number of ether oxygens (including phenoxy) is 2. The Labute approximate surface area is 149 Å². The van der Waals surface area contributed by atoms with Gasteiger partial charge in [0.1, 0.15) is 0 Å². The molecule has 1 aliphatic rings. The summed E-state index contributed by atoms with van der Waals surface area (Å²) in [6.07, 6.45) is 2.74. The van der Waals surface area contributed by atoms with E-state index in [4.69, 9.17) is 9.47 Å². The molecular formula is C19H26N4O2. The van der Waals surface area contributed by atoms with Crippen LogP contribution in [-0.4, -0.2) is 53.8 Å². The van der Waals surface area contributed by atoms with Crippen LogP contribution >= 0.6 is 0 Å². The average Bonchev–Trinajstić information content (AvgIpc) is 2.67. The molecule has 6 nitrogen and oxygen atoms in total. The third kappa shape index (κ3) is 4.90. The van der Waals surface area contributed by atoms with Crippen LogP contribution in [0, 0.1) is 0 Å². The molecule has 1 saturated heterocycles. The van der Waals surface area contributed by atoms with Gasteiger partial charge in [0.05, 0.1) is 25.9 Å². The van der Waals surface area contributed by atoms with Crippen molar-refractivity contribution >= 4 is 5.95 Å². The summed E-state index contributed by atoms with van der Waals surface area (Å²) in [7, 11) is 1.61. The van der Waals surface area contributed by atoms with Crippen LogP contribution in [0.2, 0.25) is 0 Å². The van der Waals surface area contributed by atoms with Gasteiger partial charge in [-0.1, -0.05) is 37.3 Å². The molecule has 0 spiro atoms. The maximum Gasteiger partial charge on any atom is 0.226 e. The highest BCUT2D eigenvalue weighted by Crippen LogP contribution is 2.17. The van der Waals surface area contributed by atoms with E-state index in [9.17, 15) is 0 Å². The summed E-state index contributed by atoms with van der Waals surface area (Å²) < 4.78 is 11.2. The first kappa shape index (κ1) is 17.6. The van der Waals surface area contributed by atoms with E-state index in [2.05, 4.69) is 57.4 Å². The van der Waals surface area contributed by atoms with Crippen LogP contribution in [0.3, 0.4) is 0 Å². The molecule has 1 aromatic carbocycles. The number of morpholine rings is 1. The number of benzene rings is 1. The van der Waals surface area contributed by atoms with Crippen molar-refractivity contribution in [3.63, 3.8) is 0 Å². The minimum atomic E-state index is 0.109. The lowest BCUT2D eigenvalue weighted by atomic mass is 10.1. The second kappa shape index (κ2) is 8.78. The molecule has 1 fully saturated rings. The number of anilines is 1. The zero-order valence-electron chi connectivity index (χ0n) is 14.9. The number of methoxy groups -OCH3 is 1. The molecule has 0 radical (unpaired) electrons. The molecular weight excluding hydrogens is 316 g/mol. The van der Waals surface area contributed by atoms with Crippen LogP contribution in [-0.2, 0) is 11.3 Å². The predicted octanol–water partition coefficient (Wildman–Crippen LogP) is 2.58. The number of hydrogen-bond donors (Lipinski definition) is 1. The topological polar surface area (TPSA) is 59.5 Å². The molecule has 25 heavy (non-hydrogen) atoms. The Kier molecular flexibility index (Phi) is 6.19. The molecule has 0 saturated carbocycles. The monoisotopic (exact) mass is 342 g/mol. The second-order valence-electron chi connectivity index (χ2n) is 6.21. The minimum absolute atomic E-state index is 0.109. The van der Waals surface area contributed by atoms with Crippen molar-refractivity contribution in [3.05, 3.63) is 48.2 Å². The van der Waals surface area contributed by atoms with Crippen molar-refractivity contribution < 1.29 is 9.47 Å². The zero-order valence-corrected chi connectivity index (χ0v) is 14.9. The van der Waals surface area contributed by atoms with Crippen LogP contribution in [0.5, 0.6) is 5.88 Å². The molecule has 0 amide bonds. The molecule has 1 aromatic heterocycles. The first-order valence-electron chi connectivity index (χ1n) is 8.80. The van der Waals surface area contributed by atoms with Crippen molar-refractivity contribution in [2.75, 3.05) is 32.1 Å². The Morgan fingerprint density at radius 1 is 1.32 bits per heavy atom. The second-order valence-corrected chi connectivity index (χ2v) is 6.21. The molecule has 1 N–H and O–H groups in total. The van der Waals surface area contributed by atoms with E-state index in [-0.39, 0.29) is 12.1 Å². The van der Waals surface area contributed by atoms with Gasteiger partial charge < -0.3 is 14.8 Å². The van der Waals surface area contributed by atoms with Gasteiger partial charge in [0.15, 0.2) is 0 Å².